The van der Waals surface area contributed by atoms with Crippen LogP contribution in [0.4, 0.5) is 37.2 Å². The van der Waals surface area contributed by atoms with Crippen LogP contribution >= 0.6 is 11.3 Å². The van der Waals surface area contributed by atoms with E-state index in [1.165, 1.54) is 30.4 Å². The summed E-state index contributed by atoms with van der Waals surface area (Å²) in [7, 11) is 0. The quantitative estimate of drug-likeness (QED) is 0.123. The maximum Gasteiger partial charge on any atom is 0.129 e. The molecule has 1 aromatic heterocycles. The summed E-state index contributed by atoms with van der Waals surface area (Å²) in [4.78, 5) is 6.18. The highest BCUT2D eigenvalue weighted by Gasteiger charge is 2.19. The molecule has 0 amide bonds. The van der Waals surface area contributed by atoms with Crippen molar-refractivity contribution in [2.24, 2.45) is 0 Å². The molecule has 0 aliphatic rings. The van der Waals surface area contributed by atoms with Crippen molar-refractivity contribution in [3.8, 4) is 32.0 Å². The van der Waals surface area contributed by atoms with E-state index in [-0.39, 0.29) is 5.56 Å². The van der Waals surface area contributed by atoms with E-state index in [1.807, 2.05) is 91.9 Å². The second-order valence-corrected chi connectivity index (χ2v) is 13.6. The number of hydrogen-bond donors (Lipinski definition) is 0. The van der Waals surface area contributed by atoms with Crippen molar-refractivity contribution in [3.05, 3.63) is 212 Å². The molecular weight excluding hydrogens is 675 g/mol. The Morgan fingerprint density at radius 3 is 1.58 bits per heavy atom. The highest BCUT2D eigenvalue weighted by molar-refractivity contribution is 7.19. The Balaban J connectivity index is 1.33. The van der Waals surface area contributed by atoms with Gasteiger partial charge >= 0.3 is 0 Å². The van der Waals surface area contributed by atoms with Crippen molar-refractivity contribution >= 4 is 39.8 Å². The van der Waals surface area contributed by atoms with E-state index in [4.69, 9.17) is 0 Å². The van der Waals surface area contributed by atoms with Crippen LogP contribution in [0.5, 0.6) is 0 Å². The SMILES string of the molecule is C=CC(=CC=CC)N(c1ccccc1)c1ccc(-c2cc(-c3cc(F)c(C)c(F)c3)sc2-c2ccc(N(c3ccccc3)c3ccccc3)cc2)cc1. The average molecular weight is 713 g/mol. The third-order valence-electron chi connectivity index (χ3n) is 9.09. The van der Waals surface area contributed by atoms with E-state index in [0.29, 0.717) is 5.56 Å². The molecule has 7 rings (SSSR count). The minimum absolute atomic E-state index is 0.0173. The third-order valence-corrected chi connectivity index (χ3v) is 10.3. The number of para-hydroxylation sites is 3. The van der Waals surface area contributed by atoms with Gasteiger partial charge in [0.2, 0.25) is 0 Å². The van der Waals surface area contributed by atoms with Gasteiger partial charge < -0.3 is 9.80 Å². The Morgan fingerprint density at radius 2 is 1.06 bits per heavy atom. The largest absolute Gasteiger partial charge is 0.311 e. The summed E-state index contributed by atoms with van der Waals surface area (Å²) in [6.07, 6.45) is 7.88. The summed E-state index contributed by atoms with van der Waals surface area (Å²) in [5.74, 6) is -1.12. The maximum atomic E-state index is 14.9. The van der Waals surface area contributed by atoms with Crippen LogP contribution in [0.2, 0.25) is 0 Å². The Morgan fingerprint density at radius 1 is 0.585 bits per heavy atom. The first-order valence-corrected chi connectivity index (χ1v) is 18.3. The molecule has 1 heterocycles. The van der Waals surface area contributed by atoms with E-state index in [0.717, 1.165) is 60.6 Å². The first-order valence-electron chi connectivity index (χ1n) is 17.5. The average Bonchev–Trinajstić information content (AvgIpc) is 3.66. The van der Waals surface area contributed by atoms with Crippen LogP contribution in [-0.4, -0.2) is 0 Å². The lowest BCUT2D eigenvalue weighted by Gasteiger charge is -2.26. The van der Waals surface area contributed by atoms with Gasteiger partial charge in [-0.2, -0.15) is 0 Å². The van der Waals surface area contributed by atoms with Crippen molar-refractivity contribution in [2.75, 3.05) is 9.80 Å². The molecule has 0 aliphatic carbocycles. The minimum atomic E-state index is -0.558. The van der Waals surface area contributed by atoms with Gasteiger partial charge in [0.1, 0.15) is 11.6 Å². The molecule has 7 aromatic rings. The van der Waals surface area contributed by atoms with Crippen LogP contribution in [0.25, 0.3) is 32.0 Å². The van der Waals surface area contributed by atoms with Crippen molar-refractivity contribution in [1.29, 1.82) is 0 Å². The number of thiophene rings is 1. The predicted octanol–water partition coefficient (Wildman–Crippen LogP) is 14.6. The van der Waals surface area contributed by atoms with E-state index in [2.05, 4.69) is 101 Å². The highest BCUT2D eigenvalue weighted by atomic mass is 32.1. The molecule has 0 unspecified atom stereocenters. The molecule has 0 saturated carbocycles. The number of benzene rings is 6. The molecule has 0 atom stereocenters. The highest BCUT2D eigenvalue weighted by Crippen LogP contribution is 2.45. The van der Waals surface area contributed by atoms with Gasteiger partial charge in [-0.05, 0) is 122 Å². The fourth-order valence-electron chi connectivity index (χ4n) is 6.36. The third kappa shape index (κ3) is 7.52. The Hall–Kier alpha value is -6.30. The van der Waals surface area contributed by atoms with Crippen LogP contribution in [0, 0.1) is 18.6 Å². The van der Waals surface area contributed by atoms with Gasteiger partial charge in [0.15, 0.2) is 0 Å². The molecular formula is C48H38F2N2S. The van der Waals surface area contributed by atoms with Crippen LogP contribution in [0.15, 0.2) is 194 Å². The van der Waals surface area contributed by atoms with Crippen LogP contribution in [-0.2, 0) is 0 Å². The number of hydrogen-bond acceptors (Lipinski definition) is 3. The molecule has 0 N–H and O–H groups in total. The molecule has 0 fully saturated rings. The minimum Gasteiger partial charge on any atom is -0.311 e. The van der Waals surface area contributed by atoms with E-state index in [1.54, 1.807) is 0 Å². The molecule has 2 nitrogen and oxygen atoms in total. The van der Waals surface area contributed by atoms with Gasteiger partial charge in [-0.15, -0.1) is 11.3 Å². The molecule has 0 saturated heterocycles. The lowest BCUT2D eigenvalue weighted by molar-refractivity contribution is 0.569. The molecule has 0 radical (unpaired) electrons. The summed E-state index contributed by atoms with van der Waals surface area (Å²) in [6, 6.07) is 52.6. The first-order chi connectivity index (χ1) is 25.9. The summed E-state index contributed by atoms with van der Waals surface area (Å²) in [5, 5.41) is 0. The summed E-state index contributed by atoms with van der Waals surface area (Å²) in [5.41, 5.74) is 9.55. The van der Waals surface area contributed by atoms with E-state index < -0.39 is 11.6 Å². The Kier molecular flexibility index (Phi) is 10.6. The summed E-state index contributed by atoms with van der Waals surface area (Å²) < 4.78 is 29.7. The topological polar surface area (TPSA) is 6.48 Å². The number of halogens is 2. The monoisotopic (exact) mass is 712 g/mol. The van der Waals surface area contributed by atoms with Gasteiger partial charge in [-0.3, -0.25) is 0 Å². The molecule has 5 heteroatoms. The maximum absolute atomic E-state index is 14.9. The van der Waals surface area contributed by atoms with Gasteiger partial charge in [0, 0.05) is 55.0 Å². The zero-order valence-electron chi connectivity index (χ0n) is 29.6. The second-order valence-electron chi connectivity index (χ2n) is 12.5. The zero-order valence-corrected chi connectivity index (χ0v) is 30.4. The lowest BCUT2D eigenvalue weighted by atomic mass is 10.00. The van der Waals surface area contributed by atoms with Gasteiger partial charge in [-0.25, -0.2) is 8.78 Å². The normalized spacial score (nSPS) is 11.5. The molecule has 0 bridgehead atoms. The molecule has 0 spiro atoms. The van der Waals surface area contributed by atoms with Crippen LogP contribution in [0.1, 0.15) is 12.5 Å². The van der Waals surface area contributed by atoms with Crippen molar-refractivity contribution in [1.82, 2.24) is 0 Å². The van der Waals surface area contributed by atoms with Crippen molar-refractivity contribution in [2.45, 2.75) is 13.8 Å². The molecule has 0 aliphatic heterocycles. The fourth-order valence-corrected chi connectivity index (χ4v) is 7.53. The summed E-state index contributed by atoms with van der Waals surface area (Å²) in [6.45, 7) is 7.54. The van der Waals surface area contributed by atoms with Gasteiger partial charge in [0.25, 0.3) is 0 Å². The van der Waals surface area contributed by atoms with Crippen molar-refractivity contribution in [3.63, 3.8) is 0 Å². The molecule has 260 valence electrons. The number of anilines is 5. The van der Waals surface area contributed by atoms with Gasteiger partial charge in [0.05, 0.1) is 0 Å². The number of nitrogens with zero attached hydrogens (tertiary/aromatic N) is 2. The van der Waals surface area contributed by atoms with E-state index in [9.17, 15) is 8.78 Å². The van der Waals surface area contributed by atoms with Crippen molar-refractivity contribution < 1.29 is 8.78 Å². The van der Waals surface area contributed by atoms with Crippen LogP contribution in [0.3, 0.4) is 0 Å². The predicted molar refractivity (Wildman–Crippen MR) is 222 cm³/mol. The second kappa shape index (κ2) is 15.9. The molecule has 53 heavy (non-hydrogen) atoms. The Labute approximate surface area is 314 Å². The molecule has 6 aromatic carbocycles. The zero-order chi connectivity index (χ0) is 36.7. The van der Waals surface area contributed by atoms with E-state index >= 15 is 0 Å². The van der Waals surface area contributed by atoms with Gasteiger partial charge in [-0.1, -0.05) is 97.6 Å². The fraction of sp³-hybridized carbons (Fsp3) is 0.0417. The number of rotatable bonds is 11. The smallest absolute Gasteiger partial charge is 0.129 e. The Bertz CT molecular complexity index is 2320. The lowest BCUT2D eigenvalue weighted by Crippen LogP contribution is -2.14. The first kappa shape index (κ1) is 35.1. The van der Waals surface area contributed by atoms with Crippen LogP contribution < -0.4 is 9.80 Å². The summed E-state index contributed by atoms with van der Waals surface area (Å²) >= 11 is 1.53. The standard InChI is InChI=1S/C48H38F2N2S/c1-4-6-16-38(5-2)51(39-17-10-7-11-18-39)42-27-23-35(24-28-42)44-33-47(37-31-45(49)34(3)46(50)32-37)53-48(44)36-25-29-43(30-26-36)52(40-19-12-8-13-20-40)41-21-14-9-15-22-41/h4-33H,2H2,1,3H3. The number of allylic oxidation sites excluding steroid dienone is 4.